The van der Waals surface area contributed by atoms with E-state index in [1.54, 1.807) is 24.3 Å². The number of hydrogen-bond donors (Lipinski definition) is 2. The summed E-state index contributed by atoms with van der Waals surface area (Å²) in [5, 5.41) is 3.68. The number of nitrogens with one attached hydrogen (secondary N) is 2. The van der Waals surface area contributed by atoms with Gasteiger partial charge in [-0.1, -0.05) is 32.8 Å². The molecule has 138 valence electrons. The molecule has 1 aromatic carbocycles. The molecule has 1 amide bonds. The van der Waals surface area contributed by atoms with Gasteiger partial charge in [0.1, 0.15) is 0 Å². The lowest BCUT2D eigenvalue weighted by atomic mass is 9.78. The van der Waals surface area contributed by atoms with E-state index in [0.717, 1.165) is 12.8 Å². The molecule has 0 spiro atoms. The van der Waals surface area contributed by atoms with Crippen LogP contribution in [0.5, 0.6) is 0 Å². The van der Waals surface area contributed by atoms with E-state index in [2.05, 4.69) is 30.7 Å². The molecule has 1 saturated carbocycles. The van der Waals surface area contributed by atoms with Crippen molar-refractivity contribution in [3.63, 3.8) is 0 Å². The van der Waals surface area contributed by atoms with Gasteiger partial charge in [0.05, 0.1) is 10.9 Å². The quantitative estimate of drug-likeness (QED) is 0.634. The average molecular weight is 372 g/mol. The van der Waals surface area contributed by atoms with E-state index < -0.39 is 0 Å². The minimum atomic E-state index is -0.176. The van der Waals surface area contributed by atoms with Crippen LogP contribution in [0.3, 0.4) is 0 Å². The lowest BCUT2D eigenvalue weighted by Gasteiger charge is -2.34. The maximum Gasteiger partial charge on any atom is 0.262 e. The zero-order valence-corrected chi connectivity index (χ0v) is 16.1. The molecule has 5 nitrogen and oxygen atoms in total. The first-order valence-electron chi connectivity index (χ1n) is 9.11. The van der Waals surface area contributed by atoms with E-state index in [4.69, 9.17) is 12.2 Å². The van der Waals surface area contributed by atoms with Gasteiger partial charge in [0.15, 0.2) is 4.77 Å². The Morgan fingerprint density at radius 2 is 2.19 bits per heavy atom. The molecule has 0 saturated heterocycles. The van der Waals surface area contributed by atoms with Crippen molar-refractivity contribution in [2.24, 2.45) is 11.8 Å². The number of aromatic amines is 1. The maximum atomic E-state index is 12.7. The van der Waals surface area contributed by atoms with Crippen LogP contribution in [-0.2, 0) is 6.54 Å². The third-order valence-corrected chi connectivity index (χ3v) is 5.90. The largest absolute Gasteiger partial charge is 0.349 e. The topological polar surface area (TPSA) is 66.9 Å². The summed E-state index contributed by atoms with van der Waals surface area (Å²) >= 11 is 5.26. The first-order chi connectivity index (χ1) is 12.4. The Morgan fingerprint density at radius 3 is 2.92 bits per heavy atom. The number of carbonyl (C=O) groups excluding carboxylic acids is 1. The second-order valence-corrected chi connectivity index (χ2v) is 7.63. The normalized spacial score (nSPS) is 22.9. The molecule has 1 aliphatic carbocycles. The monoisotopic (exact) mass is 371 g/mol. The number of aromatic nitrogens is 2. The van der Waals surface area contributed by atoms with Crippen LogP contribution in [0.4, 0.5) is 0 Å². The minimum absolute atomic E-state index is 0.104. The first-order valence-corrected chi connectivity index (χ1v) is 9.52. The molecule has 1 aromatic heterocycles. The maximum absolute atomic E-state index is 12.7. The summed E-state index contributed by atoms with van der Waals surface area (Å²) in [6.45, 7) is 8.45. The number of benzene rings is 1. The number of H-pyrrole nitrogens is 1. The molecule has 2 N–H and O–H groups in total. The molecule has 1 fully saturated rings. The summed E-state index contributed by atoms with van der Waals surface area (Å²) < 4.78 is 1.78. The lowest BCUT2D eigenvalue weighted by Crippen LogP contribution is -2.43. The van der Waals surface area contributed by atoms with E-state index in [0.29, 0.717) is 39.6 Å². The lowest BCUT2D eigenvalue weighted by molar-refractivity contribution is 0.0891. The molecule has 0 unspecified atom stereocenters. The number of fused-ring (bicyclic) bond motifs is 1. The second kappa shape index (κ2) is 7.58. The smallest absolute Gasteiger partial charge is 0.262 e. The number of allylic oxidation sites excluding steroid dienone is 1. The van der Waals surface area contributed by atoms with E-state index in [9.17, 15) is 9.59 Å². The minimum Gasteiger partial charge on any atom is -0.349 e. The Labute approximate surface area is 158 Å². The Balaban J connectivity index is 1.90. The fourth-order valence-corrected chi connectivity index (χ4v) is 4.00. The number of nitrogens with zero attached hydrogens (tertiary/aromatic N) is 1. The molecule has 0 radical (unpaired) electrons. The van der Waals surface area contributed by atoms with Crippen molar-refractivity contribution in [2.45, 2.75) is 45.7 Å². The third-order valence-electron chi connectivity index (χ3n) is 5.58. The van der Waals surface area contributed by atoms with Crippen LogP contribution in [0.15, 0.2) is 35.6 Å². The predicted molar refractivity (Wildman–Crippen MR) is 107 cm³/mol. The van der Waals surface area contributed by atoms with Crippen molar-refractivity contribution in [1.82, 2.24) is 14.9 Å². The van der Waals surface area contributed by atoms with Gasteiger partial charge in [-0.2, -0.15) is 0 Å². The fourth-order valence-electron chi connectivity index (χ4n) is 3.73. The third kappa shape index (κ3) is 3.51. The van der Waals surface area contributed by atoms with E-state index in [-0.39, 0.29) is 17.5 Å². The summed E-state index contributed by atoms with van der Waals surface area (Å²) in [4.78, 5) is 28.3. The molecule has 1 heterocycles. The van der Waals surface area contributed by atoms with Gasteiger partial charge in [0, 0.05) is 18.2 Å². The Bertz CT molecular complexity index is 960. The fraction of sp³-hybridized carbons (Fsp3) is 0.450. The number of carbonyl (C=O) groups is 1. The van der Waals surface area contributed by atoms with Crippen LogP contribution in [0.1, 0.15) is 43.5 Å². The standard InChI is InChI=1S/C20H25N3O2S/c1-4-10-23-19(25)15-9-8-14(11-17(15)22-20(23)26)18(24)21-16-7-5-6-12(2)13(16)3/h4,8-9,11-13,16H,1,5-7,10H2,2-3H3,(H,21,24)(H,22,26)/t12-,13+,16-/m1/s1. The van der Waals surface area contributed by atoms with Gasteiger partial charge < -0.3 is 10.3 Å². The Kier molecular flexibility index (Phi) is 5.41. The van der Waals surface area contributed by atoms with Gasteiger partial charge in [0.2, 0.25) is 0 Å². The summed E-state index contributed by atoms with van der Waals surface area (Å²) in [6, 6.07) is 5.29. The molecule has 26 heavy (non-hydrogen) atoms. The highest BCUT2D eigenvalue weighted by Crippen LogP contribution is 2.29. The van der Waals surface area contributed by atoms with E-state index in [1.807, 2.05) is 0 Å². The van der Waals surface area contributed by atoms with Gasteiger partial charge in [-0.15, -0.1) is 6.58 Å². The molecule has 3 rings (SSSR count). The van der Waals surface area contributed by atoms with Crippen molar-refractivity contribution in [3.8, 4) is 0 Å². The van der Waals surface area contributed by atoms with E-state index in [1.165, 1.54) is 11.0 Å². The molecule has 6 heteroatoms. The van der Waals surface area contributed by atoms with Crippen LogP contribution in [0.25, 0.3) is 10.9 Å². The van der Waals surface area contributed by atoms with Gasteiger partial charge in [-0.25, -0.2) is 0 Å². The zero-order valence-electron chi connectivity index (χ0n) is 15.2. The van der Waals surface area contributed by atoms with Crippen LogP contribution < -0.4 is 10.9 Å². The molecule has 1 aliphatic rings. The van der Waals surface area contributed by atoms with Crippen molar-refractivity contribution >= 4 is 29.0 Å². The predicted octanol–water partition coefficient (Wildman–Crippen LogP) is 3.80. The van der Waals surface area contributed by atoms with Gasteiger partial charge in [0.25, 0.3) is 11.5 Å². The van der Waals surface area contributed by atoms with Crippen molar-refractivity contribution in [3.05, 3.63) is 51.5 Å². The molecular weight excluding hydrogens is 346 g/mol. The Hall–Kier alpha value is -2.21. The number of rotatable bonds is 4. The van der Waals surface area contributed by atoms with Crippen LogP contribution in [0.2, 0.25) is 0 Å². The molecule has 2 aromatic rings. The highest BCUT2D eigenvalue weighted by Gasteiger charge is 2.28. The van der Waals surface area contributed by atoms with Crippen molar-refractivity contribution in [2.75, 3.05) is 0 Å². The van der Waals surface area contributed by atoms with Crippen LogP contribution >= 0.6 is 12.2 Å². The summed E-state index contributed by atoms with van der Waals surface area (Å²) in [5.41, 5.74) is 0.942. The van der Waals surface area contributed by atoms with Crippen LogP contribution in [0, 0.1) is 16.6 Å². The van der Waals surface area contributed by atoms with Crippen molar-refractivity contribution in [1.29, 1.82) is 0 Å². The highest BCUT2D eigenvalue weighted by atomic mass is 32.1. The van der Waals surface area contributed by atoms with Crippen LogP contribution in [-0.4, -0.2) is 21.5 Å². The average Bonchev–Trinajstić information content (AvgIpc) is 2.62. The molecular formula is C20H25N3O2S. The SMILES string of the molecule is C=CCn1c(=S)[nH]c2cc(C(=O)N[C@@H]3CCC[C@@H](C)[C@@H]3C)ccc2c1=O. The highest BCUT2D eigenvalue weighted by molar-refractivity contribution is 7.71. The molecule has 0 bridgehead atoms. The Morgan fingerprint density at radius 1 is 1.42 bits per heavy atom. The van der Waals surface area contributed by atoms with E-state index >= 15 is 0 Å². The number of hydrogen-bond acceptors (Lipinski definition) is 3. The van der Waals surface area contributed by atoms with Gasteiger partial charge in [-0.3, -0.25) is 14.2 Å². The van der Waals surface area contributed by atoms with Gasteiger partial charge in [-0.05, 0) is 48.7 Å². The first kappa shape index (κ1) is 18.6. The summed E-state index contributed by atoms with van der Waals surface area (Å²) in [7, 11) is 0. The zero-order chi connectivity index (χ0) is 18.8. The summed E-state index contributed by atoms with van der Waals surface area (Å²) in [6.07, 6.45) is 5.01. The summed E-state index contributed by atoms with van der Waals surface area (Å²) in [5.74, 6) is 0.975. The molecule has 0 aliphatic heterocycles. The number of amides is 1. The van der Waals surface area contributed by atoms with Gasteiger partial charge >= 0.3 is 0 Å². The van der Waals surface area contributed by atoms with Crippen molar-refractivity contribution < 1.29 is 4.79 Å². The molecule has 3 atom stereocenters. The second-order valence-electron chi connectivity index (χ2n) is 7.24.